The first-order valence-electron chi connectivity index (χ1n) is 10.2. The fraction of sp³-hybridized carbons (Fsp3) is 0.947. The van der Waals surface area contributed by atoms with Gasteiger partial charge in [0.15, 0.2) is 0 Å². The number of nitrogens with zero attached hydrogens (tertiary/aromatic N) is 4. The minimum absolute atomic E-state index is 0.397. The fourth-order valence-electron chi connectivity index (χ4n) is 4.48. The van der Waals surface area contributed by atoms with Gasteiger partial charge in [-0.15, -0.1) is 5.11 Å². The summed E-state index contributed by atoms with van der Waals surface area (Å²) in [5.74, 6) is 0. The van der Waals surface area contributed by atoms with Crippen molar-refractivity contribution in [2.45, 2.75) is 94.7 Å². The smallest absolute Gasteiger partial charge is 0.204 e. The summed E-state index contributed by atoms with van der Waals surface area (Å²) in [6, 6.07) is 1.59. The van der Waals surface area contributed by atoms with Gasteiger partial charge in [-0.2, -0.15) is 5.11 Å². The molecule has 2 aliphatic carbocycles. The average Bonchev–Trinajstić information content (AvgIpc) is 3.07. The predicted molar refractivity (Wildman–Crippen MR) is 106 cm³/mol. The standard InChI is InChI=1S/C19H34N4OS/c1-4-12-23(5-2)15-8-6-14(7-9-15)21-22-19-20-17-11-10-16(24-3)13-18(17)25-19/h14-18H,4-13H2,1-3H3. The zero-order valence-corrected chi connectivity index (χ0v) is 16.9. The molecule has 0 bridgehead atoms. The highest BCUT2D eigenvalue weighted by molar-refractivity contribution is 8.14. The molecule has 142 valence electrons. The van der Waals surface area contributed by atoms with E-state index in [9.17, 15) is 0 Å². The van der Waals surface area contributed by atoms with Crippen LogP contribution >= 0.6 is 11.8 Å². The Kier molecular flexibility index (Phi) is 7.31. The molecule has 3 aliphatic rings. The van der Waals surface area contributed by atoms with Crippen LogP contribution in [0.5, 0.6) is 0 Å². The first-order chi connectivity index (χ1) is 12.2. The van der Waals surface area contributed by atoms with Crippen LogP contribution in [-0.4, -0.2) is 59.7 Å². The Bertz CT molecular complexity index is 476. The number of hydrogen-bond acceptors (Lipinski definition) is 6. The van der Waals surface area contributed by atoms with Crippen molar-refractivity contribution in [2.24, 2.45) is 15.2 Å². The van der Waals surface area contributed by atoms with Gasteiger partial charge in [-0.25, -0.2) is 0 Å². The van der Waals surface area contributed by atoms with Crippen molar-refractivity contribution in [1.29, 1.82) is 0 Å². The average molecular weight is 367 g/mol. The summed E-state index contributed by atoms with van der Waals surface area (Å²) in [7, 11) is 1.82. The summed E-state index contributed by atoms with van der Waals surface area (Å²) in [6.45, 7) is 6.95. The Labute approximate surface area is 157 Å². The second kappa shape index (κ2) is 9.47. The van der Waals surface area contributed by atoms with E-state index in [1.165, 1.54) is 45.2 Å². The van der Waals surface area contributed by atoms with Crippen molar-refractivity contribution in [1.82, 2.24) is 4.90 Å². The molecule has 0 aromatic rings. The lowest BCUT2D eigenvalue weighted by molar-refractivity contribution is 0.0695. The molecular formula is C19H34N4OS. The number of fused-ring (bicyclic) bond motifs is 1. The normalized spacial score (nSPS) is 36.0. The van der Waals surface area contributed by atoms with Gasteiger partial charge in [-0.1, -0.05) is 25.6 Å². The second-order valence-corrected chi connectivity index (χ2v) is 8.82. The van der Waals surface area contributed by atoms with Crippen LogP contribution in [0, 0.1) is 0 Å². The third kappa shape index (κ3) is 5.04. The number of methoxy groups -OCH3 is 1. The lowest BCUT2D eigenvalue weighted by Crippen LogP contribution is -2.39. The highest BCUT2D eigenvalue weighted by Gasteiger charge is 2.36. The molecule has 0 amide bonds. The minimum Gasteiger partial charge on any atom is -0.381 e. The Balaban J connectivity index is 1.45. The van der Waals surface area contributed by atoms with E-state index in [1.807, 2.05) is 18.9 Å². The highest BCUT2D eigenvalue weighted by Crippen LogP contribution is 2.38. The summed E-state index contributed by atoms with van der Waals surface area (Å²) in [4.78, 5) is 7.44. The van der Waals surface area contributed by atoms with Crippen LogP contribution in [-0.2, 0) is 4.74 Å². The SMILES string of the molecule is CCCN(CC)C1CCC(N=NC2=NC3CCC(OC)CC3S2)CC1. The molecule has 0 aromatic heterocycles. The fourth-order valence-corrected chi connectivity index (χ4v) is 5.70. The number of amidine groups is 1. The van der Waals surface area contributed by atoms with Crippen molar-refractivity contribution >= 4 is 16.9 Å². The molecule has 25 heavy (non-hydrogen) atoms. The van der Waals surface area contributed by atoms with E-state index in [1.54, 1.807) is 0 Å². The third-order valence-electron chi connectivity index (χ3n) is 5.98. The van der Waals surface area contributed by atoms with E-state index in [2.05, 4.69) is 29.0 Å². The number of aliphatic imine (C=N–C) groups is 1. The number of azo groups is 1. The molecule has 0 aromatic carbocycles. The quantitative estimate of drug-likeness (QED) is 0.649. The number of thioether (sulfide) groups is 1. The van der Waals surface area contributed by atoms with Gasteiger partial charge in [-0.05, 0) is 64.5 Å². The Morgan fingerprint density at radius 2 is 1.96 bits per heavy atom. The third-order valence-corrected chi connectivity index (χ3v) is 7.19. The van der Waals surface area contributed by atoms with Gasteiger partial charge in [0.1, 0.15) is 0 Å². The lowest BCUT2D eigenvalue weighted by atomic mass is 9.90. The summed E-state index contributed by atoms with van der Waals surface area (Å²) in [6.07, 6.45) is 9.87. The van der Waals surface area contributed by atoms with Crippen molar-refractivity contribution in [3.05, 3.63) is 0 Å². The monoisotopic (exact) mass is 366 g/mol. The van der Waals surface area contributed by atoms with E-state index in [0.29, 0.717) is 23.4 Å². The maximum Gasteiger partial charge on any atom is 0.204 e. The topological polar surface area (TPSA) is 49.5 Å². The predicted octanol–water partition coefficient (Wildman–Crippen LogP) is 4.52. The van der Waals surface area contributed by atoms with E-state index in [0.717, 1.165) is 30.5 Å². The molecule has 3 rings (SSSR count). The van der Waals surface area contributed by atoms with Gasteiger partial charge in [0, 0.05) is 18.4 Å². The molecule has 5 nitrogen and oxygen atoms in total. The molecular weight excluding hydrogens is 332 g/mol. The van der Waals surface area contributed by atoms with Gasteiger partial charge in [0.05, 0.1) is 18.2 Å². The molecule has 2 fully saturated rings. The van der Waals surface area contributed by atoms with Crippen LogP contribution in [0.15, 0.2) is 15.2 Å². The van der Waals surface area contributed by atoms with Crippen molar-refractivity contribution in [3.8, 4) is 0 Å². The minimum atomic E-state index is 0.397. The van der Waals surface area contributed by atoms with Gasteiger partial charge in [-0.3, -0.25) is 4.99 Å². The second-order valence-electron chi connectivity index (χ2n) is 7.61. The zero-order valence-electron chi connectivity index (χ0n) is 16.1. The highest BCUT2D eigenvalue weighted by atomic mass is 32.2. The maximum absolute atomic E-state index is 5.52. The van der Waals surface area contributed by atoms with Crippen LogP contribution in [0.25, 0.3) is 0 Å². The maximum atomic E-state index is 5.52. The molecule has 1 heterocycles. The summed E-state index contributed by atoms with van der Waals surface area (Å²) < 4.78 is 5.52. The molecule has 2 saturated carbocycles. The van der Waals surface area contributed by atoms with Crippen LogP contribution < -0.4 is 0 Å². The molecule has 0 radical (unpaired) electrons. The van der Waals surface area contributed by atoms with Crippen LogP contribution in [0.4, 0.5) is 0 Å². The first kappa shape index (κ1) is 19.3. The largest absolute Gasteiger partial charge is 0.381 e. The van der Waals surface area contributed by atoms with Crippen molar-refractivity contribution in [3.63, 3.8) is 0 Å². The van der Waals surface area contributed by atoms with Gasteiger partial charge in [0.25, 0.3) is 0 Å². The van der Waals surface area contributed by atoms with Crippen LogP contribution in [0.2, 0.25) is 0 Å². The zero-order chi connectivity index (χ0) is 17.6. The lowest BCUT2D eigenvalue weighted by Gasteiger charge is -2.34. The Morgan fingerprint density at radius 3 is 2.64 bits per heavy atom. The molecule has 0 N–H and O–H groups in total. The van der Waals surface area contributed by atoms with Crippen LogP contribution in [0.1, 0.15) is 65.2 Å². The Morgan fingerprint density at radius 1 is 1.16 bits per heavy atom. The van der Waals surface area contributed by atoms with Crippen molar-refractivity contribution in [2.75, 3.05) is 20.2 Å². The molecule has 6 heteroatoms. The van der Waals surface area contributed by atoms with Gasteiger partial charge >= 0.3 is 0 Å². The summed E-state index contributed by atoms with van der Waals surface area (Å²) in [5, 5.41) is 10.6. The molecule has 0 spiro atoms. The van der Waals surface area contributed by atoms with E-state index >= 15 is 0 Å². The molecule has 3 atom stereocenters. The number of rotatable bonds is 6. The van der Waals surface area contributed by atoms with Gasteiger partial charge in [0.2, 0.25) is 5.17 Å². The van der Waals surface area contributed by atoms with E-state index in [4.69, 9.17) is 9.73 Å². The van der Waals surface area contributed by atoms with E-state index in [-0.39, 0.29) is 0 Å². The summed E-state index contributed by atoms with van der Waals surface area (Å²) >= 11 is 1.82. The molecule has 3 unspecified atom stereocenters. The molecule has 1 aliphatic heterocycles. The summed E-state index contributed by atoms with van der Waals surface area (Å²) in [5.41, 5.74) is 0. The first-order valence-corrected chi connectivity index (χ1v) is 11.0. The van der Waals surface area contributed by atoms with Gasteiger partial charge < -0.3 is 9.64 Å². The van der Waals surface area contributed by atoms with E-state index < -0.39 is 0 Å². The number of ether oxygens (including phenoxy) is 1. The molecule has 0 saturated heterocycles. The van der Waals surface area contributed by atoms with Crippen molar-refractivity contribution < 1.29 is 4.74 Å². The number of hydrogen-bond donors (Lipinski definition) is 0. The van der Waals surface area contributed by atoms with Crippen LogP contribution in [0.3, 0.4) is 0 Å². The Hall–Kier alpha value is -0.460.